The number of rotatable bonds is 8. The van der Waals surface area contributed by atoms with Gasteiger partial charge in [-0.2, -0.15) is 5.10 Å². The maximum absolute atomic E-state index is 11.5. The minimum Gasteiger partial charge on any atom is -0.493 e. The number of hydrogen-bond donors (Lipinski definition) is 1. The van der Waals surface area contributed by atoms with E-state index in [1.807, 2.05) is 19.1 Å². The molecule has 146 valence electrons. The molecule has 1 amide bonds. The molecule has 2 heterocycles. The summed E-state index contributed by atoms with van der Waals surface area (Å²) in [7, 11) is 1.66. The first-order valence-corrected chi connectivity index (χ1v) is 10.2. The normalized spacial score (nSPS) is 17.1. The highest BCUT2D eigenvalue weighted by molar-refractivity contribution is 7.21. The Bertz CT molecular complexity index is 842. The Labute approximate surface area is 164 Å². The lowest BCUT2D eigenvalue weighted by Gasteiger charge is -2.18. The molecule has 1 aromatic heterocycles. The fourth-order valence-corrected chi connectivity index (χ4v) is 4.40. The quantitative estimate of drug-likeness (QED) is 0.751. The first-order chi connectivity index (χ1) is 13.0. The van der Waals surface area contributed by atoms with E-state index in [2.05, 4.69) is 35.3 Å². The molecule has 0 aliphatic carbocycles. The van der Waals surface area contributed by atoms with Gasteiger partial charge in [-0.25, -0.2) is 5.43 Å². The predicted octanol–water partition coefficient (Wildman–Crippen LogP) is 3.49. The van der Waals surface area contributed by atoms with Gasteiger partial charge in [0.15, 0.2) is 11.5 Å². The van der Waals surface area contributed by atoms with Gasteiger partial charge >= 0.3 is 0 Å². The lowest BCUT2D eigenvalue weighted by molar-refractivity contribution is -0.121. The van der Waals surface area contributed by atoms with Gasteiger partial charge in [0.2, 0.25) is 5.91 Å². The molecule has 1 aliphatic heterocycles. The van der Waals surface area contributed by atoms with E-state index in [9.17, 15) is 4.79 Å². The van der Waals surface area contributed by atoms with E-state index in [0.717, 1.165) is 51.8 Å². The summed E-state index contributed by atoms with van der Waals surface area (Å²) < 4.78 is 12.7. The molecule has 7 heteroatoms. The number of amides is 1. The monoisotopic (exact) mass is 389 g/mol. The highest BCUT2D eigenvalue weighted by Crippen LogP contribution is 2.37. The molecule has 1 N–H and O–H groups in total. The van der Waals surface area contributed by atoms with Crippen LogP contribution in [0.25, 0.3) is 10.1 Å². The molecule has 0 saturated carbocycles. The topological polar surface area (TPSA) is 63.2 Å². The van der Waals surface area contributed by atoms with Gasteiger partial charge in [-0.05, 0) is 30.6 Å². The molecule has 3 rings (SSSR count). The molecule has 1 aliphatic rings. The van der Waals surface area contributed by atoms with Gasteiger partial charge in [0.05, 0.1) is 17.7 Å². The van der Waals surface area contributed by atoms with Crippen LogP contribution < -0.4 is 14.9 Å². The first-order valence-electron chi connectivity index (χ1n) is 9.39. The zero-order valence-corrected chi connectivity index (χ0v) is 17.2. The van der Waals surface area contributed by atoms with Crippen molar-refractivity contribution in [3.05, 3.63) is 23.1 Å². The number of carbonyl (C=O) groups is 1. The average Bonchev–Trinajstić information content (AvgIpc) is 3.06. The smallest absolute Gasteiger partial charge is 0.240 e. The molecule has 0 fully saturated rings. The SMILES string of the molecule is CCN(CC)CCOc1cc2cc(C3=NNC(=O)CC3C)sc2cc1OC. The van der Waals surface area contributed by atoms with Crippen molar-refractivity contribution in [1.82, 2.24) is 10.3 Å². The third kappa shape index (κ3) is 4.42. The van der Waals surface area contributed by atoms with Crippen LogP contribution in [0.1, 0.15) is 32.1 Å². The van der Waals surface area contributed by atoms with Gasteiger partial charge in [-0.1, -0.05) is 20.8 Å². The molecule has 1 atom stereocenters. The summed E-state index contributed by atoms with van der Waals surface area (Å²) in [5.74, 6) is 1.58. The van der Waals surface area contributed by atoms with Crippen molar-refractivity contribution < 1.29 is 14.3 Å². The summed E-state index contributed by atoms with van der Waals surface area (Å²) in [4.78, 5) is 14.9. The third-order valence-corrected chi connectivity index (χ3v) is 5.99. The van der Waals surface area contributed by atoms with Gasteiger partial charge in [-0.3, -0.25) is 4.79 Å². The Balaban J connectivity index is 1.83. The number of hydrogen-bond acceptors (Lipinski definition) is 6. The summed E-state index contributed by atoms with van der Waals surface area (Å²) in [5, 5.41) is 5.37. The largest absolute Gasteiger partial charge is 0.493 e. The van der Waals surface area contributed by atoms with E-state index in [-0.39, 0.29) is 11.8 Å². The van der Waals surface area contributed by atoms with Crippen LogP contribution in [-0.2, 0) is 4.79 Å². The molecule has 0 saturated heterocycles. The lowest BCUT2D eigenvalue weighted by Crippen LogP contribution is -2.31. The summed E-state index contributed by atoms with van der Waals surface area (Å²) in [5.41, 5.74) is 3.52. The fraction of sp³-hybridized carbons (Fsp3) is 0.500. The average molecular weight is 390 g/mol. The number of fused-ring (bicyclic) bond motifs is 1. The van der Waals surface area contributed by atoms with Crippen LogP contribution in [-0.4, -0.2) is 49.9 Å². The van der Waals surface area contributed by atoms with E-state index in [1.54, 1.807) is 18.4 Å². The van der Waals surface area contributed by atoms with E-state index in [1.165, 1.54) is 0 Å². The van der Waals surface area contributed by atoms with E-state index in [0.29, 0.717) is 13.0 Å². The number of hydrazone groups is 1. The standard InChI is InChI=1S/C20H27N3O3S/c1-5-23(6-2)7-8-26-16-10-14-11-18(27-17(14)12-15(16)25-4)20-13(3)9-19(24)21-22-20/h10-13H,5-9H2,1-4H3,(H,21,24). The van der Waals surface area contributed by atoms with E-state index < -0.39 is 0 Å². The first kappa shape index (κ1) is 19.6. The highest BCUT2D eigenvalue weighted by Gasteiger charge is 2.23. The van der Waals surface area contributed by atoms with Crippen LogP contribution in [0.15, 0.2) is 23.3 Å². The summed E-state index contributed by atoms with van der Waals surface area (Å²) in [6.45, 7) is 9.88. The summed E-state index contributed by atoms with van der Waals surface area (Å²) in [6.07, 6.45) is 0.468. The van der Waals surface area contributed by atoms with Crippen molar-refractivity contribution in [3.8, 4) is 11.5 Å². The molecule has 1 unspecified atom stereocenters. The van der Waals surface area contributed by atoms with Crippen molar-refractivity contribution in [3.63, 3.8) is 0 Å². The van der Waals surface area contributed by atoms with E-state index in [4.69, 9.17) is 9.47 Å². The minimum atomic E-state index is -0.0297. The summed E-state index contributed by atoms with van der Waals surface area (Å²) >= 11 is 1.66. The Kier molecular flexibility index (Phi) is 6.34. The second-order valence-electron chi connectivity index (χ2n) is 6.66. The van der Waals surface area contributed by atoms with Gasteiger partial charge in [0, 0.05) is 29.6 Å². The zero-order chi connectivity index (χ0) is 19.4. The zero-order valence-electron chi connectivity index (χ0n) is 16.4. The number of carbonyl (C=O) groups excluding carboxylic acids is 1. The summed E-state index contributed by atoms with van der Waals surface area (Å²) in [6, 6.07) is 6.16. The Morgan fingerprint density at radius 3 is 2.70 bits per heavy atom. The molecule has 0 radical (unpaired) electrons. The molecule has 0 spiro atoms. The van der Waals surface area contributed by atoms with Crippen LogP contribution in [0.4, 0.5) is 0 Å². The van der Waals surface area contributed by atoms with Gasteiger partial charge in [-0.15, -0.1) is 11.3 Å². The molecule has 1 aromatic carbocycles. The second-order valence-corrected chi connectivity index (χ2v) is 7.75. The molecule has 0 bridgehead atoms. The van der Waals surface area contributed by atoms with Crippen molar-refractivity contribution >= 4 is 33.0 Å². The molecular formula is C20H27N3O3S. The van der Waals surface area contributed by atoms with Crippen LogP contribution in [0, 0.1) is 5.92 Å². The molecular weight excluding hydrogens is 362 g/mol. The van der Waals surface area contributed by atoms with Crippen molar-refractivity contribution in [2.24, 2.45) is 11.0 Å². The van der Waals surface area contributed by atoms with Gasteiger partial charge in [0.1, 0.15) is 6.61 Å². The number of ether oxygens (including phenoxy) is 2. The fourth-order valence-electron chi connectivity index (χ4n) is 3.22. The number of thiophene rings is 1. The van der Waals surface area contributed by atoms with Crippen LogP contribution in [0.2, 0.25) is 0 Å². The second kappa shape index (κ2) is 8.71. The molecule has 6 nitrogen and oxygen atoms in total. The maximum Gasteiger partial charge on any atom is 0.240 e. The number of methoxy groups -OCH3 is 1. The lowest BCUT2D eigenvalue weighted by atomic mass is 9.99. The number of benzene rings is 1. The third-order valence-electron chi connectivity index (χ3n) is 4.87. The Morgan fingerprint density at radius 2 is 2.04 bits per heavy atom. The number of likely N-dealkylation sites (N-methyl/N-ethyl adjacent to an activating group) is 1. The van der Waals surface area contributed by atoms with Crippen LogP contribution in [0.3, 0.4) is 0 Å². The van der Waals surface area contributed by atoms with Crippen LogP contribution in [0.5, 0.6) is 11.5 Å². The van der Waals surface area contributed by atoms with Gasteiger partial charge < -0.3 is 14.4 Å². The molecule has 27 heavy (non-hydrogen) atoms. The number of nitrogens with zero attached hydrogens (tertiary/aromatic N) is 2. The van der Waals surface area contributed by atoms with Crippen molar-refractivity contribution in [2.45, 2.75) is 27.2 Å². The Hall–Kier alpha value is -2.12. The van der Waals surface area contributed by atoms with Crippen LogP contribution >= 0.6 is 11.3 Å². The van der Waals surface area contributed by atoms with Crippen molar-refractivity contribution in [1.29, 1.82) is 0 Å². The van der Waals surface area contributed by atoms with E-state index >= 15 is 0 Å². The predicted molar refractivity (Wildman–Crippen MR) is 110 cm³/mol. The van der Waals surface area contributed by atoms with Gasteiger partial charge in [0.25, 0.3) is 0 Å². The maximum atomic E-state index is 11.5. The van der Waals surface area contributed by atoms with Crippen molar-refractivity contribution in [2.75, 3.05) is 33.4 Å². The molecule has 2 aromatic rings. The minimum absolute atomic E-state index is 0.0297. The number of nitrogens with one attached hydrogen (secondary N) is 1. The highest BCUT2D eigenvalue weighted by atomic mass is 32.1. The Morgan fingerprint density at radius 1 is 1.26 bits per heavy atom.